The maximum absolute atomic E-state index is 12.9. The molecule has 3 aromatic rings. The normalized spacial score (nSPS) is 12.0. The smallest absolute Gasteiger partial charge is 0.258 e. The van der Waals surface area contributed by atoms with Crippen molar-refractivity contribution in [2.24, 2.45) is 4.99 Å². The van der Waals surface area contributed by atoms with E-state index in [4.69, 9.17) is 0 Å². The summed E-state index contributed by atoms with van der Waals surface area (Å²) in [4.78, 5) is 18.2. The highest BCUT2D eigenvalue weighted by atomic mass is 79.9. The summed E-state index contributed by atoms with van der Waals surface area (Å²) in [5, 5.41) is 0. The first-order chi connectivity index (χ1) is 12.1. The molecule has 3 nitrogen and oxygen atoms in total. The van der Waals surface area contributed by atoms with Crippen molar-refractivity contribution in [3.05, 3.63) is 57.6 Å². The molecule has 7 heteroatoms. The van der Waals surface area contributed by atoms with Crippen LogP contribution in [0.2, 0.25) is 0 Å². The fraction of sp³-hybridized carbons (Fsp3) is 0.222. The minimum Gasteiger partial charge on any atom is -0.316 e. The van der Waals surface area contributed by atoms with Crippen LogP contribution in [-0.2, 0) is 11.3 Å². The number of benzene rings is 2. The third-order valence-corrected chi connectivity index (χ3v) is 6.02. The molecule has 1 aromatic heterocycles. The van der Waals surface area contributed by atoms with Crippen LogP contribution >= 0.6 is 39.0 Å². The van der Waals surface area contributed by atoms with E-state index in [0.717, 1.165) is 37.4 Å². The number of hydrogen-bond donors (Lipinski definition) is 0. The number of carbonyl (C=O) groups is 1. The van der Waals surface area contributed by atoms with Crippen molar-refractivity contribution in [3.63, 3.8) is 0 Å². The number of nitrogens with zero attached hydrogens (tertiary/aromatic N) is 2. The average Bonchev–Trinajstić information content (AvgIpc) is 2.91. The van der Waals surface area contributed by atoms with Gasteiger partial charge in [0.15, 0.2) is 4.80 Å². The molecule has 0 atom stereocenters. The lowest BCUT2D eigenvalue weighted by Crippen LogP contribution is -2.17. The van der Waals surface area contributed by atoms with Crippen LogP contribution in [0, 0.1) is 5.82 Å². The Bertz CT molecular complexity index is 963. The zero-order valence-corrected chi connectivity index (χ0v) is 16.8. The molecule has 25 heavy (non-hydrogen) atoms. The molecule has 0 N–H and O–H groups in total. The van der Waals surface area contributed by atoms with Gasteiger partial charge in [-0.25, -0.2) is 4.39 Å². The largest absolute Gasteiger partial charge is 0.316 e. The molecule has 0 bridgehead atoms. The second-order valence-electron chi connectivity index (χ2n) is 5.40. The molecule has 0 fully saturated rings. The number of amides is 1. The number of thiazole rings is 1. The molecule has 1 heterocycles. The highest BCUT2D eigenvalue weighted by molar-refractivity contribution is 9.10. The van der Waals surface area contributed by atoms with Crippen LogP contribution in [-0.4, -0.2) is 16.2 Å². The third-order valence-electron chi connectivity index (χ3n) is 3.49. The summed E-state index contributed by atoms with van der Waals surface area (Å²) in [5.41, 5.74) is 1.09. The van der Waals surface area contributed by atoms with Gasteiger partial charge in [-0.1, -0.05) is 34.2 Å². The fourth-order valence-electron chi connectivity index (χ4n) is 2.39. The van der Waals surface area contributed by atoms with Gasteiger partial charge in [0.05, 0.1) is 16.0 Å². The number of aryl methyl sites for hydroxylation is 1. The molecule has 3 rings (SSSR count). The lowest BCUT2D eigenvalue weighted by Gasteiger charge is -2.02. The number of hydrogen-bond acceptors (Lipinski definition) is 3. The van der Waals surface area contributed by atoms with Crippen LogP contribution in [0.5, 0.6) is 0 Å². The van der Waals surface area contributed by atoms with Gasteiger partial charge in [0.25, 0.3) is 5.91 Å². The molecule has 0 saturated carbocycles. The predicted octanol–water partition coefficient (Wildman–Crippen LogP) is 5.23. The van der Waals surface area contributed by atoms with Gasteiger partial charge in [-0.15, -0.1) is 11.8 Å². The highest BCUT2D eigenvalue weighted by Crippen LogP contribution is 2.23. The fourth-order valence-corrected chi connectivity index (χ4v) is 4.70. The molecule has 0 unspecified atom stereocenters. The van der Waals surface area contributed by atoms with Gasteiger partial charge < -0.3 is 4.57 Å². The lowest BCUT2D eigenvalue weighted by molar-refractivity contribution is -0.115. The zero-order chi connectivity index (χ0) is 17.8. The maximum Gasteiger partial charge on any atom is 0.258 e. The van der Waals surface area contributed by atoms with E-state index < -0.39 is 0 Å². The highest BCUT2D eigenvalue weighted by Gasteiger charge is 2.08. The summed E-state index contributed by atoms with van der Waals surface area (Å²) >= 11 is 6.36. The van der Waals surface area contributed by atoms with E-state index in [0.29, 0.717) is 0 Å². The van der Waals surface area contributed by atoms with Crippen LogP contribution < -0.4 is 4.80 Å². The zero-order valence-electron chi connectivity index (χ0n) is 13.5. The Labute approximate surface area is 161 Å². The Morgan fingerprint density at radius 3 is 2.76 bits per heavy atom. The first-order valence-electron chi connectivity index (χ1n) is 7.81. The summed E-state index contributed by atoms with van der Waals surface area (Å²) in [6.45, 7) is 2.92. The molecule has 2 aromatic carbocycles. The van der Waals surface area contributed by atoms with Crippen LogP contribution in [0.15, 0.2) is 56.8 Å². The number of carbonyl (C=O) groups excluding carboxylic acids is 1. The second kappa shape index (κ2) is 8.29. The van der Waals surface area contributed by atoms with Gasteiger partial charge in [0.1, 0.15) is 5.82 Å². The van der Waals surface area contributed by atoms with Crippen molar-refractivity contribution in [3.8, 4) is 0 Å². The first kappa shape index (κ1) is 18.4. The number of halogens is 2. The minimum atomic E-state index is -0.280. The molecule has 0 aliphatic heterocycles. The van der Waals surface area contributed by atoms with Gasteiger partial charge in [-0.3, -0.25) is 4.79 Å². The van der Waals surface area contributed by atoms with Gasteiger partial charge in [-0.2, -0.15) is 4.99 Å². The summed E-state index contributed by atoms with van der Waals surface area (Å²) in [6, 6.07) is 12.2. The molecule has 0 saturated heterocycles. The number of thioether (sulfide) groups is 1. The maximum atomic E-state index is 12.9. The summed E-state index contributed by atoms with van der Waals surface area (Å²) in [7, 11) is 0. The van der Waals surface area contributed by atoms with E-state index in [-0.39, 0.29) is 17.5 Å². The second-order valence-corrected chi connectivity index (χ2v) is 8.37. The Balaban J connectivity index is 1.84. The Morgan fingerprint density at radius 2 is 2.04 bits per heavy atom. The van der Waals surface area contributed by atoms with Crippen LogP contribution in [0.3, 0.4) is 0 Å². The van der Waals surface area contributed by atoms with Crippen molar-refractivity contribution in [2.75, 3.05) is 5.75 Å². The molecule has 0 spiro atoms. The number of rotatable bonds is 5. The van der Waals surface area contributed by atoms with E-state index in [1.54, 1.807) is 12.1 Å². The van der Waals surface area contributed by atoms with Gasteiger partial charge in [0, 0.05) is 15.9 Å². The van der Waals surface area contributed by atoms with Crippen molar-refractivity contribution in [1.82, 2.24) is 4.57 Å². The Morgan fingerprint density at radius 1 is 1.28 bits per heavy atom. The molecular weight excluding hydrogens is 423 g/mol. The van der Waals surface area contributed by atoms with Crippen molar-refractivity contribution in [2.45, 2.75) is 24.8 Å². The van der Waals surface area contributed by atoms with Gasteiger partial charge in [-0.05, 0) is 48.9 Å². The SMILES string of the molecule is CCCn1c(=NC(=O)CSc2ccc(F)cc2)sc2cc(Br)ccc21. The number of fused-ring (bicyclic) bond motifs is 1. The standard InChI is InChI=1S/C18H16BrFN2OS2/c1-2-9-22-15-8-3-12(19)10-16(15)25-18(22)21-17(23)11-24-14-6-4-13(20)5-7-14/h3-8,10H,2,9,11H2,1H3. The van der Waals surface area contributed by atoms with Crippen molar-refractivity contribution < 1.29 is 9.18 Å². The average molecular weight is 439 g/mol. The third kappa shape index (κ3) is 4.59. The summed E-state index contributed by atoms with van der Waals surface area (Å²) in [5.74, 6) is -0.238. The topological polar surface area (TPSA) is 34.4 Å². The van der Waals surface area contributed by atoms with Crippen molar-refractivity contribution in [1.29, 1.82) is 0 Å². The quantitative estimate of drug-likeness (QED) is 0.510. The van der Waals surface area contributed by atoms with E-state index in [1.807, 2.05) is 18.2 Å². The number of aromatic nitrogens is 1. The van der Waals surface area contributed by atoms with Gasteiger partial charge >= 0.3 is 0 Å². The van der Waals surface area contributed by atoms with E-state index in [2.05, 4.69) is 32.4 Å². The van der Waals surface area contributed by atoms with Gasteiger partial charge in [0.2, 0.25) is 0 Å². The monoisotopic (exact) mass is 438 g/mol. The Kier molecular flexibility index (Phi) is 6.09. The predicted molar refractivity (Wildman–Crippen MR) is 106 cm³/mol. The first-order valence-corrected chi connectivity index (χ1v) is 10.4. The molecular formula is C18H16BrFN2OS2. The molecule has 0 aliphatic carbocycles. The van der Waals surface area contributed by atoms with Crippen LogP contribution in [0.1, 0.15) is 13.3 Å². The van der Waals surface area contributed by atoms with E-state index in [9.17, 15) is 9.18 Å². The molecule has 130 valence electrons. The summed E-state index contributed by atoms with van der Waals surface area (Å²) in [6.07, 6.45) is 0.966. The van der Waals surface area contributed by atoms with E-state index in [1.165, 1.54) is 35.2 Å². The van der Waals surface area contributed by atoms with Crippen LogP contribution in [0.4, 0.5) is 4.39 Å². The molecule has 0 aliphatic rings. The van der Waals surface area contributed by atoms with E-state index >= 15 is 0 Å². The molecule has 0 radical (unpaired) electrons. The minimum absolute atomic E-state index is 0.190. The summed E-state index contributed by atoms with van der Waals surface area (Å²) < 4.78 is 17.1. The Hall–Kier alpha value is -1.44. The lowest BCUT2D eigenvalue weighted by atomic mass is 10.3. The van der Waals surface area contributed by atoms with Crippen molar-refractivity contribution >= 4 is 55.2 Å². The molecule has 1 amide bonds. The van der Waals surface area contributed by atoms with Crippen LogP contribution in [0.25, 0.3) is 10.2 Å².